The van der Waals surface area contributed by atoms with Crippen LogP contribution >= 0.6 is 24.0 Å². The van der Waals surface area contributed by atoms with Gasteiger partial charge in [-0.2, -0.15) is 0 Å². The number of hydrogen-bond acceptors (Lipinski definition) is 4. The summed E-state index contributed by atoms with van der Waals surface area (Å²) in [7, 11) is 3.50. The molecular weight excluding hydrogens is 433 g/mol. The first-order valence-corrected chi connectivity index (χ1v) is 8.46. The maximum atomic E-state index is 9.64. The van der Waals surface area contributed by atoms with Crippen LogP contribution in [0.1, 0.15) is 24.3 Å². The minimum atomic E-state index is -0.203. The maximum Gasteiger partial charge on any atom is 0.191 e. The summed E-state index contributed by atoms with van der Waals surface area (Å²) in [4.78, 5) is 4.26. The Morgan fingerprint density at radius 1 is 1.28 bits per heavy atom. The summed E-state index contributed by atoms with van der Waals surface area (Å²) in [5.74, 6) is 0.747. The number of ether oxygens (including phenoxy) is 2. The molecule has 2 rings (SSSR count). The minimum Gasteiger partial charge on any atom is -0.396 e. The molecule has 0 bridgehead atoms. The standard InChI is InChI=1S/C18H29N3O3.HI/c1-19-17(21-14-18(23-2)8-10-24-11-9-18)20-12-16(13-22)15-6-4-3-5-7-15;/h3-7,16,22H,8-14H2,1-2H3,(H2,19,20,21);1H. The van der Waals surface area contributed by atoms with E-state index >= 15 is 0 Å². The van der Waals surface area contributed by atoms with Crippen LogP contribution in [-0.2, 0) is 9.47 Å². The van der Waals surface area contributed by atoms with Crippen LogP contribution in [0.2, 0.25) is 0 Å². The molecule has 3 N–H and O–H groups in total. The molecule has 0 spiro atoms. The number of aliphatic imine (C=N–C) groups is 1. The highest BCUT2D eigenvalue weighted by Gasteiger charge is 2.32. The zero-order chi connectivity index (χ0) is 17.3. The predicted molar refractivity (Wildman–Crippen MR) is 111 cm³/mol. The Bertz CT molecular complexity index is 508. The molecule has 6 nitrogen and oxygen atoms in total. The smallest absolute Gasteiger partial charge is 0.191 e. The number of rotatable bonds is 7. The third-order valence-electron chi connectivity index (χ3n) is 4.65. The molecule has 1 atom stereocenters. The summed E-state index contributed by atoms with van der Waals surface area (Å²) in [6.45, 7) is 2.84. The normalized spacial score (nSPS) is 18.1. The number of hydrogen-bond donors (Lipinski definition) is 3. The van der Waals surface area contributed by atoms with E-state index in [0.29, 0.717) is 19.0 Å². The highest BCUT2D eigenvalue weighted by Crippen LogP contribution is 2.23. The van der Waals surface area contributed by atoms with Crippen LogP contribution in [0.25, 0.3) is 0 Å². The van der Waals surface area contributed by atoms with E-state index in [-0.39, 0.29) is 42.1 Å². The van der Waals surface area contributed by atoms with Crippen LogP contribution in [0.3, 0.4) is 0 Å². The molecule has 1 aromatic rings. The number of guanidine groups is 1. The van der Waals surface area contributed by atoms with E-state index in [4.69, 9.17) is 9.47 Å². The quantitative estimate of drug-likeness (QED) is 0.327. The Morgan fingerprint density at radius 2 is 1.96 bits per heavy atom. The molecule has 1 aliphatic heterocycles. The molecule has 0 aliphatic carbocycles. The second kappa shape index (κ2) is 11.7. The maximum absolute atomic E-state index is 9.64. The number of aliphatic hydroxyl groups is 1. The Balaban J connectivity index is 0.00000312. The summed E-state index contributed by atoms with van der Waals surface area (Å²) in [5, 5.41) is 16.3. The van der Waals surface area contributed by atoms with Crippen LogP contribution in [0.15, 0.2) is 35.3 Å². The number of methoxy groups -OCH3 is 1. The molecule has 1 aliphatic rings. The summed E-state index contributed by atoms with van der Waals surface area (Å²) >= 11 is 0. The Kier molecular flexibility index (Phi) is 10.3. The van der Waals surface area contributed by atoms with Crippen molar-refractivity contribution in [2.75, 3.05) is 47.1 Å². The van der Waals surface area contributed by atoms with Crippen LogP contribution in [0.4, 0.5) is 0 Å². The van der Waals surface area contributed by atoms with Gasteiger partial charge in [0.05, 0.1) is 12.2 Å². The van der Waals surface area contributed by atoms with E-state index in [1.807, 2.05) is 30.3 Å². The molecule has 0 radical (unpaired) electrons. The van der Waals surface area contributed by atoms with Gasteiger partial charge < -0.3 is 25.2 Å². The predicted octanol–water partition coefficient (Wildman–Crippen LogP) is 1.74. The lowest BCUT2D eigenvalue weighted by molar-refractivity contribution is -0.0855. The Labute approximate surface area is 167 Å². The van der Waals surface area contributed by atoms with Crippen LogP contribution < -0.4 is 10.6 Å². The highest BCUT2D eigenvalue weighted by molar-refractivity contribution is 14.0. The molecule has 0 saturated carbocycles. The van der Waals surface area contributed by atoms with Gasteiger partial charge in [-0.15, -0.1) is 24.0 Å². The molecule has 1 heterocycles. The van der Waals surface area contributed by atoms with Gasteiger partial charge in [-0.3, -0.25) is 4.99 Å². The van der Waals surface area contributed by atoms with Gasteiger partial charge in [0.15, 0.2) is 5.96 Å². The third-order valence-corrected chi connectivity index (χ3v) is 4.65. The molecule has 1 saturated heterocycles. The molecule has 0 aromatic heterocycles. The summed E-state index contributed by atoms with van der Waals surface area (Å²) in [5.41, 5.74) is 0.909. The topological polar surface area (TPSA) is 75.1 Å². The lowest BCUT2D eigenvalue weighted by atomic mass is 9.94. The van der Waals surface area contributed by atoms with Gasteiger partial charge in [-0.05, 0) is 5.56 Å². The van der Waals surface area contributed by atoms with Crippen molar-refractivity contribution in [3.05, 3.63) is 35.9 Å². The fourth-order valence-corrected chi connectivity index (χ4v) is 2.89. The van der Waals surface area contributed by atoms with Crippen LogP contribution in [-0.4, -0.2) is 63.7 Å². The fraction of sp³-hybridized carbons (Fsp3) is 0.611. The zero-order valence-electron chi connectivity index (χ0n) is 15.0. The first kappa shape index (κ1) is 22.1. The van der Waals surface area contributed by atoms with Gasteiger partial charge in [0.2, 0.25) is 0 Å². The third kappa shape index (κ3) is 6.73. The second-order valence-electron chi connectivity index (χ2n) is 6.10. The first-order valence-electron chi connectivity index (χ1n) is 8.46. The molecule has 1 fully saturated rings. The van der Waals surface area contributed by atoms with Gasteiger partial charge in [-0.25, -0.2) is 0 Å². The largest absolute Gasteiger partial charge is 0.396 e. The van der Waals surface area contributed by atoms with Crippen LogP contribution in [0, 0.1) is 0 Å². The van der Waals surface area contributed by atoms with Crippen molar-refractivity contribution in [1.29, 1.82) is 0 Å². The fourth-order valence-electron chi connectivity index (χ4n) is 2.89. The number of nitrogens with one attached hydrogen (secondary N) is 2. The van der Waals surface area contributed by atoms with Gasteiger partial charge in [-0.1, -0.05) is 30.3 Å². The molecule has 25 heavy (non-hydrogen) atoms. The number of halogens is 1. The van der Waals surface area contributed by atoms with Crippen molar-refractivity contribution in [2.24, 2.45) is 4.99 Å². The van der Waals surface area contributed by atoms with Crippen molar-refractivity contribution >= 4 is 29.9 Å². The summed E-state index contributed by atoms with van der Waals surface area (Å²) in [6.07, 6.45) is 1.74. The first-order chi connectivity index (χ1) is 11.7. The minimum absolute atomic E-state index is 0. The highest BCUT2D eigenvalue weighted by atomic mass is 127. The van der Waals surface area contributed by atoms with Gasteiger partial charge in [0, 0.05) is 59.2 Å². The molecule has 1 unspecified atom stereocenters. The van der Waals surface area contributed by atoms with E-state index in [2.05, 4.69) is 15.6 Å². The molecular formula is C18H30IN3O3. The van der Waals surface area contributed by atoms with E-state index in [0.717, 1.165) is 31.6 Å². The van der Waals surface area contributed by atoms with E-state index in [1.165, 1.54) is 0 Å². The average molecular weight is 463 g/mol. The summed E-state index contributed by atoms with van der Waals surface area (Å²) in [6, 6.07) is 10.0. The van der Waals surface area contributed by atoms with Crippen LogP contribution in [0.5, 0.6) is 0 Å². The van der Waals surface area contributed by atoms with Crippen molar-refractivity contribution in [2.45, 2.75) is 24.4 Å². The second-order valence-corrected chi connectivity index (χ2v) is 6.10. The number of aliphatic hydroxyl groups excluding tert-OH is 1. The monoisotopic (exact) mass is 463 g/mol. The SMILES string of the molecule is CN=C(NCC(CO)c1ccccc1)NCC1(OC)CCOCC1.I. The molecule has 7 heteroatoms. The van der Waals surface area contributed by atoms with Gasteiger partial charge in [0.1, 0.15) is 0 Å². The van der Waals surface area contributed by atoms with E-state index in [9.17, 15) is 5.11 Å². The van der Waals surface area contributed by atoms with Gasteiger partial charge >= 0.3 is 0 Å². The number of benzene rings is 1. The lowest BCUT2D eigenvalue weighted by Crippen LogP contribution is -2.51. The van der Waals surface area contributed by atoms with Crippen molar-refractivity contribution < 1.29 is 14.6 Å². The Morgan fingerprint density at radius 3 is 2.52 bits per heavy atom. The average Bonchev–Trinajstić information content (AvgIpc) is 2.66. The Hall–Kier alpha value is -0.900. The molecule has 1 aromatic carbocycles. The van der Waals surface area contributed by atoms with Crippen molar-refractivity contribution in [3.8, 4) is 0 Å². The van der Waals surface area contributed by atoms with E-state index in [1.54, 1.807) is 14.2 Å². The van der Waals surface area contributed by atoms with Gasteiger partial charge in [0.25, 0.3) is 0 Å². The lowest BCUT2D eigenvalue weighted by Gasteiger charge is -2.36. The van der Waals surface area contributed by atoms with E-state index < -0.39 is 0 Å². The summed E-state index contributed by atoms with van der Waals surface area (Å²) < 4.78 is 11.1. The molecule has 0 amide bonds. The van der Waals surface area contributed by atoms with Crippen molar-refractivity contribution in [1.82, 2.24) is 10.6 Å². The molecule has 142 valence electrons. The zero-order valence-corrected chi connectivity index (χ0v) is 17.4. The number of nitrogens with zero attached hydrogens (tertiary/aromatic N) is 1. The van der Waals surface area contributed by atoms with Crippen molar-refractivity contribution in [3.63, 3.8) is 0 Å².